The van der Waals surface area contributed by atoms with E-state index in [1.807, 2.05) is 36.4 Å². The largest absolute Gasteiger partial charge is 0.309 e. The molecule has 13 rings (SSSR count). The van der Waals surface area contributed by atoms with Gasteiger partial charge in [0.2, 0.25) is 0 Å². The molecule has 1 spiro atoms. The average Bonchev–Trinajstić information content (AvgIpc) is 3.82. The van der Waals surface area contributed by atoms with Crippen LogP contribution in [0.25, 0.3) is 94.7 Å². The molecule has 0 N–H and O–H groups in total. The van der Waals surface area contributed by atoms with Gasteiger partial charge in [0.25, 0.3) is 0 Å². The Bertz CT molecular complexity index is 3490. The van der Waals surface area contributed by atoms with E-state index in [4.69, 9.17) is 15.0 Å². The van der Waals surface area contributed by atoms with Crippen LogP contribution in [0, 0.1) is 0 Å². The number of rotatable bonds is 4. The highest BCUT2D eigenvalue weighted by Crippen LogP contribution is 2.61. The first-order valence-electron chi connectivity index (χ1n) is 20.5. The van der Waals surface area contributed by atoms with Gasteiger partial charge in [-0.25, -0.2) is 15.0 Å². The molecule has 4 nitrogen and oxygen atoms in total. The summed E-state index contributed by atoms with van der Waals surface area (Å²) in [5.41, 5.74) is 15.9. The molecule has 0 saturated carbocycles. The Balaban J connectivity index is 1.12. The summed E-state index contributed by atoms with van der Waals surface area (Å²) in [5.74, 6) is 1.92. The molecule has 0 bridgehead atoms. The van der Waals surface area contributed by atoms with Crippen molar-refractivity contribution in [2.75, 3.05) is 0 Å². The Morgan fingerprint density at radius 1 is 0.333 bits per heavy atom. The zero-order valence-corrected chi connectivity index (χ0v) is 32.4. The van der Waals surface area contributed by atoms with E-state index in [0.29, 0.717) is 17.5 Å². The summed E-state index contributed by atoms with van der Waals surface area (Å²) in [6, 6.07) is 74.6. The van der Waals surface area contributed by atoms with Gasteiger partial charge in [0.05, 0.1) is 22.1 Å². The quantitative estimate of drug-likeness (QED) is 0.179. The zero-order valence-electron chi connectivity index (χ0n) is 32.4. The van der Waals surface area contributed by atoms with E-state index >= 15 is 0 Å². The van der Waals surface area contributed by atoms with Crippen molar-refractivity contribution in [2.45, 2.75) is 5.41 Å². The standard InChI is InChI=1S/C56H34N4/c1-3-16-35(17-4-1)53-57-54(36-18-5-2-6-19-36)59-55(58-53)45-33-38-21-8-7-20-37(38)32-44(45)39-30-31-41-40-22-9-11-25-46(40)56(49(41)34-39)47-26-12-14-29-51(47)60-50-28-13-10-23-42(50)43-24-15-27-48(56)52(43)60/h1-34H. The van der Waals surface area contributed by atoms with Gasteiger partial charge in [-0.3, -0.25) is 0 Å². The molecule has 1 aliphatic carbocycles. The molecule has 1 aliphatic heterocycles. The van der Waals surface area contributed by atoms with Crippen LogP contribution in [0.15, 0.2) is 206 Å². The fraction of sp³-hybridized carbons (Fsp3) is 0.0179. The summed E-state index contributed by atoms with van der Waals surface area (Å²) in [7, 11) is 0. The van der Waals surface area contributed by atoms with Crippen molar-refractivity contribution in [1.82, 2.24) is 19.5 Å². The highest BCUT2D eigenvalue weighted by Gasteiger charge is 2.50. The molecule has 278 valence electrons. The van der Waals surface area contributed by atoms with E-state index in [-0.39, 0.29) is 0 Å². The number of para-hydroxylation sites is 3. The minimum absolute atomic E-state index is 0.562. The van der Waals surface area contributed by atoms with Gasteiger partial charge in [-0.2, -0.15) is 0 Å². The first-order chi connectivity index (χ1) is 29.8. The Morgan fingerprint density at radius 2 is 0.900 bits per heavy atom. The van der Waals surface area contributed by atoms with E-state index in [2.05, 4.69) is 174 Å². The van der Waals surface area contributed by atoms with Crippen LogP contribution in [0.4, 0.5) is 0 Å². The normalized spacial score (nSPS) is 14.7. The van der Waals surface area contributed by atoms with Gasteiger partial charge in [0.15, 0.2) is 17.5 Å². The van der Waals surface area contributed by atoms with Crippen molar-refractivity contribution in [1.29, 1.82) is 0 Å². The van der Waals surface area contributed by atoms with Crippen LogP contribution >= 0.6 is 0 Å². The summed E-state index contributed by atoms with van der Waals surface area (Å²) in [6.45, 7) is 0. The zero-order chi connectivity index (χ0) is 39.4. The second-order valence-corrected chi connectivity index (χ2v) is 15.9. The molecule has 0 saturated heterocycles. The first kappa shape index (κ1) is 33.1. The summed E-state index contributed by atoms with van der Waals surface area (Å²) in [5, 5.41) is 4.83. The van der Waals surface area contributed by atoms with Crippen molar-refractivity contribution in [3.05, 3.63) is 229 Å². The van der Waals surface area contributed by atoms with E-state index < -0.39 is 5.41 Å². The molecule has 0 radical (unpaired) electrons. The molecule has 2 aromatic heterocycles. The van der Waals surface area contributed by atoms with Crippen molar-refractivity contribution in [3.8, 4) is 62.1 Å². The Hall–Kier alpha value is -7.95. The lowest BCUT2D eigenvalue weighted by Gasteiger charge is -2.39. The highest BCUT2D eigenvalue weighted by molar-refractivity contribution is 6.13. The van der Waals surface area contributed by atoms with Crippen LogP contribution in [-0.4, -0.2) is 19.5 Å². The smallest absolute Gasteiger partial charge is 0.164 e. The number of nitrogens with zero attached hydrogens (tertiary/aromatic N) is 4. The summed E-state index contributed by atoms with van der Waals surface area (Å²) in [4.78, 5) is 15.6. The molecule has 9 aromatic carbocycles. The second kappa shape index (κ2) is 12.5. The molecule has 0 fully saturated rings. The molecular weight excluding hydrogens is 729 g/mol. The maximum absolute atomic E-state index is 5.26. The van der Waals surface area contributed by atoms with Crippen LogP contribution in [-0.2, 0) is 5.41 Å². The summed E-state index contributed by atoms with van der Waals surface area (Å²) < 4.78 is 2.50. The number of hydrogen-bond acceptors (Lipinski definition) is 3. The van der Waals surface area contributed by atoms with Crippen LogP contribution in [0.2, 0.25) is 0 Å². The topological polar surface area (TPSA) is 43.6 Å². The van der Waals surface area contributed by atoms with Gasteiger partial charge < -0.3 is 4.57 Å². The molecule has 60 heavy (non-hydrogen) atoms. The Kier molecular flexibility index (Phi) is 6.90. The van der Waals surface area contributed by atoms with Crippen molar-refractivity contribution >= 4 is 32.6 Å². The van der Waals surface area contributed by atoms with Gasteiger partial charge in [-0.15, -0.1) is 0 Å². The highest BCUT2D eigenvalue weighted by atomic mass is 15.0. The predicted molar refractivity (Wildman–Crippen MR) is 244 cm³/mol. The fourth-order valence-corrected chi connectivity index (χ4v) is 10.3. The minimum Gasteiger partial charge on any atom is -0.309 e. The number of hydrogen-bond donors (Lipinski definition) is 0. The average molecular weight is 763 g/mol. The number of benzene rings is 9. The van der Waals surface area contributed by atoms with E-state index in [1.54, 1.807) is 0 Å². The second-order valence-electron chi connectivity index (χ2n) is 15.9. The van der Waals surface area contributed by atoms with Crippen LogP contribution in [0.1, 0.15) is 22.3 Å². The molecule has 1 unspecified atom stereocenters. The molecule has 4 heteroatoms. The summed E-state index contributed by atoms with van der Waals surface area (Å²) in [6.07, 6.45) is 0. The van der Waals surface area contributed by atoms with E-state index in [1.165, 1.54) is 60.9 Å². The molecule has 0 amide bonds. The number of aromatic nitrogens is 4. The first-order valence-corrected chi connectivity index (χ1v) is 20.5. The lowest BCUT2D eigenvalue weighted by molar-refractivity contribution is 0.749. The SMILES string of the molecule is c1ccc(-c2nc(-c3ccccc3)nc(-c3cc4ccccc4cc3-c3ccc4c(c3)C3(c5ccccc5-4)c4ccccc4-n4c5ccccc5c5cccc3c54)n2)cc1. The van der Waals surface area contributed by atoms with Gasteiger partial charge in [0, 0.05) is 27.5 Å². The molecule has 11 aromatic rings. The molecule has 3 heterocycles. The van der Waals surface area contributed by atoms with Crippen molar-refractivity contribution in [2.24, 2.45) is 0 Å². The van der Waals surface area contributed by atoms with Gasteiger partial charge >= 0.3 is 0 Å². The van der Waals surface area contributed by atoms with Gasteiger partial charge in [0.1, 0.15) is 0 Å². The van der Waals surface area contributed by atoms with Crippen LogP contribution < -0.4 is 0 Å². The van der Waals surface area contributed by atoms with E-state index in [9.17, 15) is 0 Å². The fourth-order valence-electron chi connectivity index (χ4n) is 10.3. The third kappa shape index (κ3) is 4.53. The monoisotopic (exact) mass is 762 g/mol. The third-order valence-corrected chi connectivity index (χ3v) is 12.8. The minimum atomic E-state index is -0.562. The Morgan fingerprint density at radius 3 is 1.67 bits per heavy atom. The Labute approximate surface area is 346 Å². The van der Waals surface area contributed by atoms with Gasteiger partial charge in [-0.05, 0) is 85.6 Å². The van der Waals surface area contributed by atoms with Gasteiger partial charge in [-0.1, -0.05) is 176 Å². The lowest BCUT2D eigenvalue weighted by Crippen LogP contribution is -2.33. The van der Waals surface area contributed by atoms with Crippen LogP contribution in [0.3, 0.4) is 0 Å². The molecule has 1 atom stereocenters. The van der Waals surface area contributed by atoms with Crippen molar-refractivity contribution < 1.29 is 0 Å². The van der Waals surface area contributed by atoms with E-state index in [0.717, 1.165) is 38.6 Å². The van der Waals surface area contributed by atoms with Crippen molar-refractivity contribution in [3.63, 3.8) is 0 Å². The molecular formula is C56H34N4. The maximum Gasteiger partial charge on any atom is 0.164 e. The molecule has 2 aliphatic rings. The predicted octanol–water partition coefficient (Wildman–Crippen LogP) is 13.5. The summed E-state index contributed by atoms with van der Waals surface area (Å²) >= 11 is 0. The third-order valence-electron chi connectivity index (χ3n) is 12.8. The van der Waals surface area contributed by atoms with Crippen LogP contribution in [0.5, 0.6) is 0 Å². The lowest BCUT2D eigenvalue weighted by atomic mass is 9.65. The number of fused-ring (bicyclic) bond motifs is 13. The maximum atomic E-state index is 5.26.